The predicted molar refractivity (Wildman–Crippen MR) is 122 cm³/mol. The van der Waals surface area contributed by atoms with Crippen molar-refractivity contribution in [3.63, 3.8) is 0 Å². The highest BCUT2D eigenvalue weighted by molar-refractivity contribution is 6.48. The SMILES string of the molecule is O=C(NNc1cc(C2=NO[C@](c3cc(Cl)c(Cl)c(Cl)c3)(C(F)(F)F)C2)ccc1Cl)[C@@H]1C[C@]1(F)Cl. The third-order valence-electron chi connectivity index (χ3n) is 5.40. The molecule has 1 saturated carbocycles. The van der Waals surface area contributed by atoms with Crippen LogP contribution in [0.2, 0.25) is 20.1 Å². The zero-order valence-electron chi connectivity index (χ0n) is 16.5. The molecule has 1 aliphatic heterocycles. The van der Waals surface area contributed by atoms with Crippen LogP contribution in [0.3, 0.4) is 0 Å². The van der Waals surface area contributed by atoms with Crippen molar-refractivity contribution >= 4 is 75.3 Å². The van der Waals surface area contributed by atoms with Crippen LogP contribution in [-0.4, -0.2) is 22.9 Å². The van der Waals surface area contributed by atoms with Crippen LogP contribution in [-0.2, 0) is 15.2 Å². The normalized spacial score (nSPS) is 26.0. The van der Waals surface area contributed by atoms with Crippen LogP contribution in [0, 0.1) is 5.92 Å². The summed E-state index contributed by atoms with van der Waals surface area (Å²) in [5, 5.41) is 1.25. The van der Waals surface area contributed by atoms with E-state index in [4.69, 9.17) is 62.8 Å². The Labute approximate surface area is 215 Å². The number of carbonyl (C=O) groups excluding carboxylic acids is 1. The van der Waals surface area contributed by atoms with Crippen molar-refractivity contribution in [2.45, 2.75) is 29.7 Å². The number of alkyl halides is 5. The molecule has 0 saturated heterocycles. The lowest BCUT2D eigenvalue weighted by atomic mass is 9.86. The molecule has 2 aromatic rings. The van der Waals surface area contributed by atoms with Gasteiger partial charge in [-0.2, -0.15) is 13.2 Å². The molecule has 0 bridgehead atoms. The molecule has 0 spiro atoms. The van der Waals surface area contributed by atoms with Crippen LogP contribution in [0.1, 0.15) is 24.0 Å². The molecule has 0 aromatic heterocycles. The maximum absolute atomic E-state index is 14.2. The molecule has 1 heterocycles. The van der Waals surface area contributed by atoms with E-state index < -0.39 is 35.2 Å². The van der Waals surface area contributed by atoms with Crippen LogP contribution in [0.5, 0.6) is 0 Å². The number of carbonyl (C=O) groups is 1. The van der Waals surface area contributed by atoms with Crippen molar-refractivity contribution in [3.8, 4) is 0 Å². The van der Waals surface area contributed by atoms with Crippen LogP contribution in [0.25, 0.3) is 0 Å². The summed E-state index contributed by atoms with van der Waals surface area (Å²) in [7, 11) is 0. The summed E-state index contributed by atoms with van der Waals surface area (Å²) in [6, 6.07) is 6.21. The second-order valence-corrected chi connectivity index (χ2v) is 9.94. The number of rotatable bonds is 5. The van der Waals surface area contributed by atoms with Gasteiger partial charge in [0.05, 0.1) is 37.4 Å². The van der Waals surface area contributed by atoms with E-state index in [1.165, 1.54) is 18.2 Å². The predicted octanol–water partition coefficient (Wildman–Crippen LogP) is 7.25. The lowest BCUT2D eigenvalue weighted by Crippen LogP contribution is -2.42. The molecular formula is C20H12Cl5F4N3O2. The Bertz CT molecular complexity index is 1180. The molecule has 2 aromatic carbocycles. The first-order valence-electron chi connectivity index (χ1n) is 9.45. The van der Waals surface area contributed by atoms with E-state index in [0.29, 0.717) is 0 Å². The van der Waals surface area contributed by atoms with Crippen molar-refractivity contribution < 1.29 is 27.2 Å². The van der Waals surface area contributed by atoms with Gasteiger partial charge < -0.3 is 4.84 Å². The quantitative estimate of drug-likeness (QED) is 0.170. The fourth-order valence-electron chi connectivity index (χ4n) is 3.36. The largest absolute Gasteiger partial charge is 0.435 e. The van der Waals surface area contributed by atoms with Crippen LogP contribution >= 0.6 is 58.0 Å². The molecule has 1 aliphatic carbocycles. The Morgan fingerprint density at radius 1 is 1.09 bits per heavy atom. The van der Waals surface area contributed by atoms with Crippen molar-refractivity contribution in [2.24, 2.45) is 11.1 Å². The van der Waals surface area contributed by atoms with Crippen molar-refractivity contribution in [3.05, 3.63) is 61.5 Å². The molecule has 5 nitrogen and oxygen atoms in total. The maximum Gasteiger partial charge on any atom is 0.435 e. The molecule has 1 fully saturated rings. The highest BCUT2D eigenvalue weighted by Crippen LogP contribution is 2.52. The summed E-state index contributed by atoms with van der Waals surface area (Å²) in [6.45, 7) is 0. The van der Waals surface area contributed by atoms with Crippen molar-refractivity contribution in [1.82, 2.24) is 5.43 Å². The zero-order chi connectivity index (χ0) is 25.1. The standard InChI is InChI=1S/C20H12Cl5F4N3O2/c21-11-2-1-8(3-14(11)30-31-17(33)10-6-19(10,25)26)15-7-18(34-32-15,20(27,28)29)9-4-12(22)16(24)13(23)5-9/h1-5,10,30H,6-7H2,(H,31,33)/t10-,18+,19+/m0/s1. The van der Waals surface area contributed by atoms with Gasteiger partial charge in [-0.05, 0) is 24.3 Å². The minimum atomic E-state index is -4.90. The molecule has 4 rings (SSSR count). The Morgan fingerprint density at radius 3 is 2.26 bits per heavy atom. The number of nitrogens with one attached hydrogen (secondary N) is 2. The van der Waals surface area contributed by atoms with E-state index in [0.717, 1.165) is 12.1 Å². The Morgan fingerprint density at radius 2 is 1.71 bits per heavy atom. The number of hydrogen-bond donors (Lipinski definition) is 2. The Kier molecular flexibility index (Phi) is 6.57. The average Bonchev–Trinajstić information content (AvgIpc) is 3.17. The summed E-state index contributed by atoms with van der Waals surface area (Å²) in [6.07, 6.45) is -5.75. The highest BCUT2D eigenvalue weighted by atomic mass is 35.5. The van der Waals surface area contributed by atoms with Crippen molar-refractivity contribution in [2.75, 3.05) is 5.43 Å². The van der Waals surface area contributed by atoms with Crippen LogP contribution < -0.4 is 10.9 Å². The topological polar surface area (TPSA) is 62.7 Å². The first-order valence-corrected chi connectivity index (χ1v) is 11.3. The van der Waals surface area contributed by atoms with Crippen LogP contribution in [0.15, 0.2) is 35.5 Å². The van der Waals surface area contributed by atoms with Gasteiger partial charge in [-0.15, -0.1) is 0 Å². The van der Waals surface area contributed by atoms with Gasteiger partial charge in [-0.25, -0.2) is 4.39 Å². The molecule has 0 unspecified atom stereocenters. The molecule has 34 heavy (non-hydrogen) atoms. The number of oxime groups is 1. The van der Waals surface area contributed by atoms with E-state index in [1.54, 1.807) is 0 Å². The summed E-state index contributed by atoms with van der Waals surface area (Å²) in [4.78, 5) is 16.9. The number of hydrazine groups is 1. The average molecular weight is 580 g/mol. The van der Waals surface area contributed by atoms with Crippen molar-refractivity contribution in [1.29, 1.82) is 0 Å². The molecular weight excluding hydrogens is 567 g/mol. The van der Waals surface area contributed by atoms with E-state index in [1.807, 2.05) is 0 Å². The van der Waals surface area contributed by atoms with E-state index in [9.17, 15) is 22.4 Å². The number of nitrogens with zero attached hydrogens (tertiary/aromatic N) is 1. The number of amides is 1. The zero-order valence-corrected chi connectivity index (χ0v) is 20.3. The molecule has 2 N–H and O–H groups in total. The molecule has 0 radical (unpaired) electrons. The van der Waals surface area contributed by atoms with Gasteiger partial charge in [0.15, 0.2) is 5.13 Å². The number of halogens is 9. The van der Waals surface area contributed by atoms with Gasteiger partial charge in [0.1, 0.15) is 0 Å². The van der Waals surface area contributed by atoms with E-state index in [2.05, 4.69) is 16.0 Å². The Balaban J connectivity index is 1.59. The molecule has 1 amide bonds. The van der Waals surface area contributed by atoms with Gasteiger partial charge in [-0.3, -0.25) is 15.6 Å². The number of anilines is 1. The first-order chi connectivity index (χ1) is 15.7. The third-order valence-corrected chi connectivity index (χ3v) is 7.34. The lowest BCUT2D eigenvalue weighted by molar-refractivity contribution is -0.275. The first kappa shape index (κ1) is 25.4. The van der Waals surface area contributed by atoms with Gasteiger partial charge in [0.25, 0.3) is 5.60 Å². The summed E-state index contributed by atoms with van der Waals surface area (Å²) >= 11 is 29.3. The maximum atomic E-state index is 14.2. The minimum absolute atomic E-state index is 0.0590. The smallest absolute Gasteiger partial charge is 0.374 e. The summed E-state index contributed by atoms with van der Waals surface area (Å²) < 4.78 is 56.1. The van der Waals surface area contributed by atoms with Crippen LogP contribution in [0.4, 0.5) is 23.2 Å². The molecule has 182 valence electrons. The number of hydrogen-bond acceptors (Lipinski definition) is 4. The summed E-state index contributed by atoms with van der Waals surface area (Å²) in [5.74, 6) is -1.73. The fraction of sp³-hybridized carbons (Fsp3) is 0.300. The fourth-order valence-corrected chi connectivity index (χ4v) is 4.38. The third kappa shape index (κ3) is 4.60. The van der Waals surface area contributed by atoms with Gasteiger partial charge in [-0.1, -0.05) is 69.2 Å². The number of benzene rings is 2. The molecule has 3 atom stereocenters. The van der Waals surface area contributed by atoms with Gasteiger partial charge >= 0.3 is 6.18 Å². The molecule has 2 aliphatic rings. The van der Waals surface area contributed by atoms with E-state index >= 15 is 0 Å². The monoisotopic (exact) mass is 577 g/mol. The van der Waals surface area contributed by atoms with Gasteiger partial charge in [0.2, 0.25) is 5.91 Å². The highest BCUT2D eigenvalue weighted by Gasteiger charge is 2.62. The lowest BCUT2D eigenvalue weighted by Gasteiger charge is -2.30. The second-order valence-electron chi connectivity index (χ2n) is 7.71. The minimum Gasteiger partial charge on any atom is -0.374 e. The molecule has 14 heteroatoms. The van der Waals surface area contributed by atoms with E-state index in [-0.39, 0.29) is 49.0 Å². The van der Waals surface area contributed by atoms with Gasteiger partial charge in [0, 0.05) is 24.0 Å². The Hall–Kier alpha value is -1.65. The summed E-state index contributed by atoms with van der Waals surface area (Å²) in [5.41, 5.74) is 1.85. The second kappa shape index (κ2) is 8.78.